The molecular weight excluding hydrogens is 386 g/mol. The smallest absolute Gasteiger partial charge is 0.281 e. The zero-order valence-electron chi connectivity index (χ0n) is 17.0. The SMILES string of the molecule is CC1(C)Cc2c(c(N3CCOCC3)[nH+]c3sc4c5[n+](cnc4c23)CCCN5)CO1. The lowest BCUT2D eigenvalue weighted by molar-refractivity contribution is -0.688. The predicted molar refractivity (Wildman–Crippen MR) is 113 cm³/mol. The van der Waals surface area contributed by atoms with E-state index in [1.54, 1.807) is 0 Å². The largest absolute Gasteiger partial charge is 0.373 e. The van der Waals surface area contributed by atoms with Crippen LogP contribution in [-0.2, 0) is 29.0 Å². The average molecular weight is 414 g/mol. The van der Waals surface area contributed by atoms with Gasteiger partial charge in [-0.2, -0.15) is 0 Å². The Bertz CT molecular complexity index is 1120. The Morgan fingerprint density at radius 2 is 2.14 bits per heavy atom. The van der Waals surface area contributed by atoms with Crippen molar-refractivity contribution in [2.45, 2.75) is 45.4 Å². The van der Waals surface area contributed by atoms with Crippen LogP contribution in [0.5, 0.6) is 0 Å². The molecule has 3 aliphatic heterocycles. The number of aromatic nitrogens is 3. The molecule has 1 fully saturated rings. The number of hydrogen-bond acceptors (Lipinski definition) is 6. The van der Waals surface area contributed by atoms with Gasteiger partial charge in [0.2, 0.25) is 12.1 Å². The minimum Gasteiger partial charge on any atom is -0.373 e. The summed E-state index contributed by atoms with van der Waals surface area (Å²) in [5, 5.41) is 4.89. The van der Waals surface area contributed by atoms with Crippen LogP contribution in [0.3, 0.4) is 0 Å². The van der Waals surface area contributed by atoms with Crippen molar-refractivity contribution in [3.8, 4) is 0 Å². The molecular formula is C21H27N5O2S+2. The Labute approximate surface area is 173 Å². The van der Waals surface area contributed by atoms with Crippen LogP contribution in [0.15, 0.2) is 6.33 Å². The van der Waals surface area contributed by atoms with E-state index in [9.17, 15) is 0 Å². The van der Waals surface area contributed by atoms with E-state index in [2.05, 4.69) is 33.6 Å². The summed E-state index contributed by atoms with van der Waals surface area (Å²) in [7, 11) is 0. The Kier molecular flexibility index (Phi) is 3.98. The van der Waals surface area contributed by atoms with E-state index < -0.39 is 0 Å². The second-order valence-electron chi connectivity index (χ2n) is 8.81. The van der Waals surface area contributed by atoms with Gasteiger partial charge < -0.3 is 14.8 Å². The third-order valence-electron chi connectivity index (χ3n) is 6.30. The maximum Gasteiger partial charge on any atom is 0.281 e. The topological polar surface area (TPSA) is 64.6 Å². The summed E-state index contributed by atoms with van der Waals surface area (Å²) in [5.41, 5.74) is 3.64. The highest BCUT2D eigenvalue weighted by atomic mass is 32.1. The van der Waals surface area contributed by atoms with Crippen LogP contribution in [0.25, 0.3) is 20.4 Å². The molecule has 0 unspecified atom stereocenters. The molecule has 0 aromatic carbocycles. The highest BCUT2D eigenvalue weighted by Crippen LogP contribution is 2.42. The summed E-state index contributed by atoms with van der Waals surface area (Å²) >= 11 is 1.83. The van der Waals surface area contributed by atoms with Crippen LogP contribution in [-0.4, -0.2) is 43.4 Å². The number of rotatable bonds is 1. The first-order chi connectivity index (χ1) is 14.1. The number of H-pyrrole nitrogens is 1. The summed E-state index contributed by atoms with van der Waals surface area (Å²) in [6.07, 6.45) is 4.04. The average Bonchev–Trinajstić information content (AvgIpc) is 3.12. The maximum absolute atomic E-state index is 6.24. The summed E-state index contributed by atoms with van der Waals surface area (Å²) in [4.78, 5) is 12.3. The van der Waals surface area contributed by atoms with Gasteiger partial charge in [0, 0.05) is 12.8 Å². The molecule has 152 valence electrons. The molecule has 1 saturated heterocycles. The fraction of sp³-hybridized carbons (Fsp3) is 0.571. The van der Waals surface area contributed by atoms with E-state index in [0.717, 1.165) is 57.8 Å². The number of nitrogens with one attached hydrogen (secondary N) is 2. The van der Waals surface area contributed by atoms with Gasteiger partial charge >= 0.3 is 0 Å². The van der Waals surface area contributed by atoms with Crippen molar-refractivity contribution in [2.24, 2.45) is 0 Å². The van der Waals surface area contributed by atoms with E-state index in [-0.39, 0.29) is 5.60 Å². The molecule has 3 aromatic heterocycles. The molecule has 2 N–H and O–H groups in total. The van der Waals surface area contributed by atoms with E-state index in [1.165, 1.54) is 37.7 Å². The van der Waals surface area contributed by atoms with Crippen molar-refractivity contribution in [1.82, 2.24) is 4.98 Å². The normalized spacial score (nSPS) is 21.1. The molecule has 3 aromatic rings. The molecule has 8 heteroatoms. The summed E-state index contributed by atoms with van der Waals surface area (Å²) in [6.45, 7) is 10.4. The molecule has 7 nitrogen and oxygen atoms in total. The van der Waals surface area contributed by atoms with Gasteiger partial charge in [-0.1, -0.05) is 11.3 Å². The number of morpholine rings is 1. The van der Waals surface area contributed by atoms with Crippen LogP contribution < -0.4 is 19.8 Å². The minimum atomic E-state index is -0.168. The Morgan fingerprint density at radius 3 is 3.00 bits per heavy atom. The zero-order chi connectivity index (χ0) is 19.6. The minimum absolute atomic E-state index is 0.168. The van der Waals surface area contributed by atoms with Gasteiger partial charge in [0.05, 0.1) is 49.5 Å². The molecule has 0 amide bonds. The summed E-state index contributed by atoms with van der Waals surface area (Å²) in [6, 6.07) is 0. The van der Waals surface area contributed by atoms with Crippen molar-refractivity contribution < 1.29 is 19.0 Å². The van der Waals surface area contributed by atoms with Crippen molar-refractivity contribution in [3.05, 3.63) is 17.5 Å². The van der Waals surface area contributed by atoms with E-state index in [4.69, 9.17) is 14.5 Å². The third-order valence-corrected chi connectivity index (χ3v) is 7.40. The van der Waals surface area contributed by atoms with Gasteiger partial charge in [0.15, 0.2) is 10.3 Å². The lowest BCUT2D eigenvalue weighted by Gasteiger charge is -2.33. The fourth-order valence-electron chi connectivity index (χ4n) is 4.83. The van der Waals surface area contributed by atoms with E-state index in [0.29, 0.717) is 6.61 Å². The van der Waals surface area contributed by atoms with Gasteiger partial charge in [0.1, 0.15) is 17.8 Å². The van der Waals surface area contributed by atoms with Crippen molar-refractivity contribution >= 4 is 43.4 Å². The zero-order valence-corrected chi connectivity index (χ0v) is 17.8. The molecule has 6 rings (SSSR count). The van der Waals surface area contributed by atoms with Crippen molar-refractivity contribution in [2.75, 3.05) is 43.1 Å². The van der Waals surface area contributed by atoms with E-state index >= 15 is 0 Å². The number of hydrogen-bond donors (Lipinski definition) is 1. The monoisotopic (exact) mass is 413 g/mol. The predicted octanol–water partition coefficient (Wildman–Crippen LogP) is 2.05. The third kappa shape index (κ3) is 2.80. The standard InChI is InChI=1S/C21H25N5O2S/c1-21(2)10-13-14(11-28-21)18(25-6-8-27-9-7-25)24-20-15(13)16-17(29-20)19-22-4-3-5-26(19)12-23-16/h12H,3-11H2,1-2H3/p+2. The van der Waals surface area contributed by atoms with E-state index in [1.807, 2.05) is 17.7 Å². The first kappa shape index (κ1) is 17.8. The number of ether oxygens (including phenoxy) is 2. The van der Waals surface area contributed by atoms with Gasteiger partial charge in [-0.3, -0.25) is 4.90 Å². The number of thiophene rings is 1. The van der Waals surface area contributed by atoms with Crippen LogP contribution in [0, 0.1) is 0 Å². The number of aromatic amines is 1. The quantitative estimate of drug-likeness (QED) is 0.619. The van der Waals surface area contributed by atoms with Gasteiger partial charge in [-0.05, 0) is 19.4 Å². The molecule has 0 bridgehead atoms. The van der Waals surface area contributed by atoms with Crippen molar-refractivity contribution in [3.63, 3.8) is 0 Å². The second-order valence-corrected chi connectivity index (χ2v) is 9.83. The maximum atomic E-state index is 6.24. The first-order valence-electron chi connectivity index (χ1n) is 10.5. The van der Waals surface area contributed by atoms with Crippen LogP contribution in [0.1, 0.15) is 31.4 Å². The van der Waals surface area contributed by atoms with Crippen molar-refractivity contribution in [1.29, 1.82) is 0 Å². The molecule has 6 heterocycles. The fourth-order valence-corrected chi connectivity index (χ4v) is 6.04. The molecule has 0 aliphatic carbocycles. The van der Waals surface area contributed by atoms with Gasteiger partial charge in [-0.15, -0.1) is 4.98 Å². The molecule has 3 aliphatic rings. The molecule has 0 spiro atoms. The van der Waals surface area contributed by atoms with Crippen LogP contribution in [0.2, 0.25) is 0 Å². The van der Waals surface area contributed by atoms with Crippen LogP contribution >= 0.6 is 11.3 Å². The number of fused-ring (bicyclic) bond motifs is 7. The number of aryl methyl sites for hydroxylation is 1. The Hall–Kier alpha value is -2.03. The summed E-state index contributed by atoms with van der Waals surface area (Å²) in [5.74, 6) is 2.41. The second kappa shape index (κ2) is 6.48. The number of pyridine rings is 1. The number of anilines is 2. The molecule has 0 atom stereocenters. The molecule has 0 saturated carbocycles. The Morgan fingerprint density at radius 1 is 1.28 bits per heavy atom. The highest BCUT2D eigenvalue weighted by molar-refractivity contribution is 7.25. The molecule has 29 heavy (non-hydrogen) atoms. The molecule has 0 radical (unpaired) electrons. The summed E-state index contributed by atoms with van der Waals surface area (Å²) < 4.78 is 15.3. The highest BCUT2D eigenvalue weighted by Gasteiger charge is 2.37. The first-order valence-corrected chi connectivity index (χ1v) is 11.3. The lowest BCUT2D eigenvalue weighted by atomic mass is 9.90. The number of nitrogens with zero attached hydrogens (tertiary/aromatic N) is 3. The van der Waals surface area contributed by atoms with Gasteiger partial charge in [-0.25, -0.2) is 9.55 Å². The Balaban J connectivity index is 1.64. The lowest BCUT2D eigenvalue weighted by Crippen LogP contribution is -2.42. The van der Waals surface area contributed by atoms with Crippen LogP contribution in [0.4, 0.5) is 11.6 Å². The van der Waals surface area contributed by atoms with Gasteiger partial charge in [0.25, 0.3) is 5.82 Å².